The molecule has 0 saturated carbocycles. The number of nitrogens with zero attached hydrogens (tertiary/aromatic N) is 1. The van der Waals surface area contributed by atoms with Crippen LogP contribution in [0.5, 0.6) is 0 Å². The van der Waals surface area contributed by atoms with E-state index in [2.05, 4.69) is 9.97 Å². The lowest BCUT2D eigenvalue weighted by atomic mass is 10.2. The normalized spacial score (nSPS) is 10.5. The molecule has 0 amide bonds. The van der Waals surface area contributed by atoms with Gasteiger partial charge < -0.3 is 10.7 Å². The topological polar surface area (TPSA) is 78.6 Å². The van der Waals surface area contributed by atoms with Crippen LogP contribution in [-0.4, -0.2) is 15.8 Å². The number of benzene rings is 1. The van der Waals surface area contributed by atoms with E-state index < -0.39 is 0 Å². The number of halogens is 1. The fourth-order valence-corrected chi connectivity index (χ4v) is 1.43. The maximum absolute atomic E-state index is 7.25. The number of amidine groups is 1. The first kappa shape index (κ1) is 8.07. The fourth-order valence-electron chi connectivity index (χ4n) is 1.16. The molecule has 1 aromatic heterocycles. The van der Waals surface area contributed by atoms with Crippen LogP contribution in [0.3, 0.4) is 0 Å². The van der Waals surface area contributed by atoms with Crippen LogP contribution in [-0.2, 0) is 0 Å². The van der Waals surface area contributed by atoms with E-state index in [9.17, 15) is 0 Å². The van der Waals surface area contributed by atoms with Crippen molar-refractivity contribution in [3.05, 3.63) is 29.0 Å². The second-order valence-corrected chi connectivity index (χ2v) is 3.08. The van der Waals surface area contributed by atoms with Crippen LogP contribution in [0.15, 0.2) is 18.5 Å². The van der Waals surface area contributed by atoms with Gasteiger partial charge in [0.05, 0.1) is 16.9 Å². The number of aromatic nitrogens is 2. The van der Waals surface area contributed by atoms with E-state index in [-0.39, 0.29) is 5.84 Å². The molecule has 13 heavy (non-hydrogen) atoms. The minimum Gasteiger partial charge on any atom is -0.384 e. The van der Waals surface area contributed by atoms with Gasteiger partial charge in [0.15, 0.2) is 0 Å². The van der Waals surface area contributed by atoms with Crippen molar-refractivity contribution in [1.29, 1.82) is 5.41 Å². The Morgan fingerprint density at radius 3 is 3.00 bits per heavy atom. The summed E-state index contributed by atoms with van der Waals surface area (Å²) in [4.78, 5) is 6.93. The monoisotopic (exact) mass is 194 g/mol. The molecule has 0 spiro atoms. The highest BCUT2D eigenvalue weighted by molar-refractivity contribution is 6.35. The van der Waals surface area contributed by atoms with Gasteiger partial charge in [-0.2, -0.15) is 0 Å². The quantitative estimate of drug-likeness (QED) is 0.475. The number of nitrogens with one attached hydrogen (secondary N) is 2. The molecule has 66 valence electrons. The fraction of sp³-hybridized carbons (Fsp3) is 0. The second kappa shape index (κ2) is 2.74. The van der Waals surface area contributed by atoms with Crippen molar-refractivity contribution in [3.8, 4) is 0 Å². The Morgan fingerprint density at radius 2 is 2.31 bits per heavy atom. The lowest BCUT2D eigenvalue weighted by Crippen LogP contribution is -2.10. The van der Waals surface area contributed by atoms with Crippen LogP contribution in [0.1, 0.15) is 5.56 Å². The molecular formula is C8H7ClN4. The predicted octanol–water partition coefficient (Wildman–Crippen LogP) is 1.50. The van der Waals surface area contributed by atoms with E-state index in [0.29, 0.717) is 16.1 Å². The van der Waals surface area contributed by atoms with Crippen LogP contribution < -0.4 is 5.73 Å². The maximum atomic E-state index is 7.25. The van der Waals surface area contributed by atoms with Crippen LogP contribution in [0.4, 0.5) is 0 Å². The van der Waals surface area contributed by atoms with Gasteiger partial charge in [-0.05, 0) is 12.1 Å². The number of H-pyrrole nitrogens is 1. The molecule has 0 aliphatic carbocycles. The van der Waals surface area contributed by atoms with Gasteiger partial charge >= 0.3 is 0 Å². The van der Waals surface area contributed by atoms with E-state index >= 15 is 0 Å². The Hall–Kier alpha value is -1.55. The van der Waals surface area contributed by atoms with Gasteiger partial charge in [0.2, 0.25) is 0 Å². The second-order valence-electron chi connectivity index (χ2n) is 2.67. The number of fused-ring (bicyclic) bond motifs is 1. The molecular weight excluding hydrogens is 188 g/mol. The zero-order valence-corrected chi connectivity index (χ0v) is 7.39. The highest BCUT2D eigenvalue weighted by Gasteiger charge is 2.05. The smallest absolute Gasteiger partial charge is 0.122 e. The lowest BCUT2D eigenvalue weighted by Gasteiger charge is -1.99. The summed E-state index contributed by atoms with van der Waals surface area (Å²) in [6, 6.07) is 3.38. The first-order valence-corrected chi connectivity index (χ1v) is 4.03. The minimum atomic E-state index is -0.00148. The predicted molar refractivity (Wildman–Crippen MR) is 52.1 cm³/mol. The molecule has 0 fully saturated rings. The zero-order chi connectivity index (χ0) is 9.42. The molecule has 5 heteroatoms. The molecule has 0 saturated heterocycles. The standard InChI is InChI=1S/C8H7ClN4/c9-5-1-4(8(10)11)2-6-7(5)13-3-12-6/h1-3H,(H3,10,11)(H,12,13). The van der Waals surface area contributed by atoms with Crippen LogP contribution in [0.2, 0.25) is 5.02 Å². The number of nitrogens with two attached hydrogens (primary N) is 1. The molecule has 1 aromatic carbocycles. The van der Waals surface area contributed by atoms with Gasteiger partial charge in [0.1, 0.15) is 11.4 Å². The third-order valence-electron chi connectivity index (χ3n) is 1.79. The summed E-state index contributed by atoms with van der Waals surface area (Å²) in [6.45, 7) is 0. The molecule has 0 aliphatic rings. The number of rotatable bonds is 1. The van der Waals surface area contributed by atoms with Crippen molar-refractivity contribution in [2.24, 2.45) is 5.73 Å². The van der Waals surface area contributed by atoms with Crippen molar-refractivity contribution in [2.45, 2.75) is 0 Å². The number of aromatic amines is 1. The highest BCUT2D eigenvalue weighted by atomic mass is 35.5. The highest BCUT2D eigenvalue weighted by Crippen LogP contribution is 2.21. The summed E-state index contributed by atoms with van der Waals surface area (Å²) in [5, 5.41) is 7.75. The van der Waals surface area contributed by atoms with Crippen LogP contribution >= 0.6 is 11.6 Å². The van der Waals surface area contributed by atoms with Gasteiger partial charge in [-0.1, -0.05) is 11.6 Å². The average Bonchev–Trinajstić information content (AvgIpc) is 2.51. The molecule has 0 unspecified atom stereocenters. The first-order chi connectivity index (χ1) is 6.18. The minimum absolute atomic E-state index is 0.00148. The summed E-state index contributed by atoms with van der Waals surface area (Å²) >= 11 is 5.91. The molecule has 0 bridgehead atoms. The van der Waals surface area contributed by atoms with E-state index in [1.807, 2.05) is 0 Å². The lowest BCUT2D eigenvalue weighted by molar-refractivity contribution is 1.34. The van der Waals surface area contributed by atoms with E-state index in [0.717, 1.165) is 5.52 Å². The largest absolute Gasteiger partial charge is 0.384 e. The van der Waals surface area contributed by atoms with Crippen molar-refractivity contribution >= 4 is 28.5 Å². The van der Waals surface area contributed by atoms with Gasteiger partial charge in [-0.3, -0.25) is 5.41 Å². The number of hydrogen-bond donors (Lipinski definition) is 3. The van der Waals surface area contributed by atoms with Crippen LogP contribution in [0, 0.1) is 5.41 Å². The van der Waals surface area contributed by atoms with Gasteiger partial charge in [-0.15, -0.1) is 0 Å². The third-order valence-corrected chi connectivity index (χ3v) is 2.08. The molecule has 2 aromatic rings. The zero-order valence-electron chi connectivity index (χ0n) is 6.63. The van der Waals surface area contributed by atoms with Crippen molar-refractivity contribution < 1.29 is 0 Å². The van der Waals surface area contributed by atoms with E-state index in [1.165, 1.54) is 0 Å². The molecule has 1 heterocycles. The van der Waals surface area contributed by atoms with Gasteiger partial charge in [-0.25, -0.2) is 4.98 Å². The first-order valence-electron chi connectivity index (χ1n) is 3.65. The Kier molecular flexibility index (Phi) is 1.70. The molecule has 2 rings (SSSR count). The van der Waals surface area contributed by atoms with Gasteiger partial charge in [0.25, 0.3) is 0 Å². The number of nitrogen functional groups attached to an aromatic ring is 1. The summed E-state index contributed by atoms with van der Waals surface area (Å²) < 4.78 is 0. The molecule has 4 nitrogen and oxygen atoms in total. The third kappa shape index (κ3) is 1.25. The van der Waals surface area contributed by atoms with Gasteiger partial charge in [0, 0.05) is 5.56 Å². The molecule has 4 N–H and O–H groups in total. The maximum Gasteiger partial charge on any atom is 0.122 e. The van der Waals surface area contributed by atoms with Crippen molar-refractivity contribution in [1.82, 2.24) is 9.97 Å². The van der Waals surface area contributed by atoms with Crippen molar-refractivity contribution in [2.75, 3.05) is 0 Å². The number of imidazole rings is 1. The molecule has 0 atom stereocenters. The average molecular weight is 195 g/mol. The molecule has 0 aliphatic heterocycles. The van der Waals surface area contributed by atoms with E-state index in [1.54, 1.807) is 18.5 Å². The van der Waals surface area contributed by atoms with E-state index in [4.69, 9.17) is 22.7 Å². The Balaban J connectivity index is 2.77. The Bertz CT molecular complexity index is 474. The summed E-state index contributed by atoms with van der Waals surface area (Å²) in [6.07, 6.45) is 1.56. The van der Waals surface area contributed by atoms with Crippen LogP contribution in [0.25, 0.3) is 11.0 Å². The number of hydrogen-bond acceptors (Lipinski definition) is 2. The summed E-state index contributed by atoms with van der Waals surface area (Å²) in [5.74, 6) is -0.00148. The Labute approximate surface area is 79.2 Å². The molecule has 0 radical (unpaired) electrons. The SMILES string of the molecule is N=C(N)c1cc(Cl)c2nc[nH]c2c1. The Morgan fingerprint density at radius 1 is 1.54 bits per heavy atom. The summed E-state index contributed by atoms with van der Waals surface area (Å²) in [7, 11) is 0. The summed E-state index contributed by atoms with van der Waals surface area (Å²) in [5.41, 5.74) is 7.42. The van der Waals surface area contributed by atoms with Crippen molar-refractivity contribution in [3.63, 3.8) is 0 Å².